The first-order chi connectivity index (χ1) is 15.0. The van der Waals surface area contributed by atoms with E-state index in [-0.39, 0.29) is 18.5 Å². The van der Waals surface area contributed by atoms with Gasteiger partial charge in [-0.05, 0) is 63.1 Å². The number of carbonyl (C=O) groups is 3. The van der Waals surface area contributed by atoms with Crippen LogP contribution in [0.3, 0.4) is 0 Å². The molecule has 31 heavy (non-hydrogen) atoms. The first kappa shape index (κ1) is 19.9. The monoisotopic (exact) mass is 425 g/mol. The maximum absolute atomic E-state index is 13.3. The molecule has 0 bridgehead atoms. The highest BCUT2D eigenvalue weighted by atomic mass is 16.6. The SMILES string of the molecule is CC1(c2ccc3c(c2)OCCO3)NC(=O)N(CC(=O)N(C2=CCCCC2)C2CC2)C1=O. The number of imide groups is 1. The van der Waals surface area contributed by atoms with Crippen molar-refractivity contribution in [2.24, 2.45) is 0 Å². The Morgan fingerprint density at radius 2 is 1.97 bits per heavy atom. The van der Waals surface area contributed by atoms with Crippen molar-refractivity contribution in [3.05, 3.63) is 35.5 Å². The van der Waals surface area contributed by atoms with Gasteiger partial charge in [0.25, 0.3) is 5.91 Å². The molecule has 1 unspecified atom stereocenters. The standard InChI is InChI=1S/C23H27N3O5/c1-23(15-7-10-18-19(13-15)31-12-11-30-18)21(28)25(22(29)24-23)14-20(27)26(17-8-9-17)16-5-3-2-4-6-16/h5,7,10,13,17H,2-4,6,8-9,11-12,14H2,1H3,(H,24,29). The second-order valence-corrected chi connectivity index (χ2v) is 8.74. The molecule has 0 radical (unpaired) electrons. The molecule has 0 spiro atoms. The molecule has 1 saturated heterocycles. The molecule has 1 aromatic carbocycles. The van der Waals surface area contributed by atoms with Crippen molar-refractivity contribution in [2.75, 3.05) is 19.8 Å². The van der Waals surface area contributed by atoms with Crippen molar-refractivity contribution in [1.29, 1.82) is 0 Å². The Morgan fingerprint density at radius 1 is 1.19 bits per heavy atom. The smallest absolute Gasteiger partial charge is 0.325 e. The normalized spacial score (nSPS) is 25.2. The highest BCUT2D eigenvalue weighted by molar-refractivity contribution is 6.09. The van der Waals surface area contributed by atoms with Gasteiger partial charge in [-0.3, -0.25) is 14.5 Å². The number of nitrogens with zero attached hydrogens (tertiary/aromatic N) is 2. The highest BCUT2D eigenvalue weighted by Gasteiger charge is 2.50. The molecule has 0 aromatic heterocycles. The fourth-order valence-corrected chi connectivity index (χ4v) is 4.57. The summed E-state index contributed by atoms with van der Waals surface area (Å²) in [5.41, 5.74) is 0.376. The van der Waals surface area contributed by atoms with Crippen molar-refractivity contribution in [3.8, 4) is 11.5 Å². The Kier molecular flexibility index (Phi) is 4.87. The number of amides is 4. The van der Waals surface area contributed by atoms with Gasteiger partial charge in [-0.15, -0.1) is 0 Å². The minimum Gasteiger partial charge on any atom is -0.486 e. The van der Waals surface area contributed by atoms with Crippen LogP contribution in [0.2, 0.25) is 0 Å². The Labute approximate surface area is 181 Å². The van der Waals surface area contributed by atoms with E-state index in [1.807, 2.05) is 4.90 Å². The molecule has 164 valence electrons. The van der Waals surface area contributed by atoms with Crippen molar-refractivity contribution in [2.45, 2.75) is 57.0 Å². The minimum absolute atomic E-state index is 0.189. The number of benzene rings is 1. The zero-order chi connectivity index (χ0) is 21.6. The maximum Gasteiger partial charge on any atom is 0.325 e. The lowest BCUT2D eigenvalue weighted by atomic mass is 9.91. The molecule has 2 aliphatic heterocycles. The summed E-state index contributed by atoms with van der Waals surface area (Å²) in [7, 11) is 0. The third-order valence-electron chi connectivity index (χ3n) is 6.45. The summed E-state index contributed by atoms with van der Waals surface area (Å²) in [6, 6.07) is 4.86. The third kappa shape index (κ3) is 3.54. The van der Waals surface area contributed by atoms with E-state index >= 15 is 0 Å². The number of urea groups is 1. The Hall–Kier alpha value is -3.03. The Bertz CT molecular complexity index is 970. The fraction of sp³-hybridized carbons (Fsp3) is 0.522. The average molecular weight is 425 g/mol. The number of hydrogen-bond donors (Lipinski definition) is 1. The van der Waals surface area contributed by atoms with E-state index in [0.29, 0.717) is 30.3 Å². The number of ether oxygens (including phenoxy) is 2. The van der Waals surface area contributed by atoms with E-state index in [1.165, 1.54) is 0 Å². The largest absolute Gasteiger partial charge is 0.486 e. The lowest BCUT2D eigenvalue weighted by molar-refractivity contribution is -0.138. The van der Waals surface area contributed by atoms with Gasteiger partial charge in [-0.1, -0.05) is 12.1 Å². The van der Waals surface area contributed by atoms with Crippen molar-refractivity contribution < 1.29 is 23.9 Å². The zero-order valence-electron chi connectivity index (χ0n) is 17.7. The Balaban J connectivity index is 1.36. The molecule has 2 heterocycles. The molecule has 2 aliphatic carbocycles. The third-order valence-corrected chi connectivity index (χ3v) is 6.45. The average Bonchev–Trinajstić information content (AvgIpc) is 3.59. The van der Waals surface area contributed by atoms with Crippen LogP contribution in [-0.2, 0) is 15.1 Å². The second-order valence-electron chi connectivity index (χ2n) is 8.74. The van der Waals surface area contributed by atoms with Crippen LogP contribution in [0.25, 0.3) is 0 Å². The summed E-state index contributed by atoms with van der Waals surface area (Å²) in [5.74, 6) is 0.537. The van der Waals surface area contributed by atoms with Crippen LogP contribution < -0.4 is 14.8 Å². The fourth-order valence-electron chi connectivity index (χ4n) is 4.57. The molecule has 1 aromatic rings. The molecule has 8 heteroatoms. The van der Waals surface area contributed by atoms with E-state index in [4.69, 9.17) is 9.47 Å². The highest BCUT2D eigenvalue weighted by Crippen LogP contribution is 2.38. The molecular formula is C23H27N3O5. The van der Waals surface area contributed by atoms with Gasteiger partial charge in [0.1, 0.15) is 25.3 Å². The first-order valence-electron chi connectivity index (χ1n) is 11.0. The van der Waals surface area contributed by atoms with Crippen LogP contribution >= 0.6 is 0 Å². The topological polar surface area (TPSA) is 88.2 Å². The van der Waals surface area contributed by atoms with Gasteiger partial charge < -0.3 is 19.7 Å². The molecule has 1 atom stereocenters. The molecule has 1 N–H and O–H groups in total. The van der Waals surface area contributed by atoms with E-state index in [2.05, 4.69) is 11.4 Å². The minimum atomic E-state index is -1.26. The van der Waals surface area contributed by atoms with Gasteiger partial charge in [0, 0.05) is 11.7 Å². The molecule has 8 nitrogen and oxygen atoms in total. The van der Waals surface area contributed by atoms with Crippen LogP contribution in [0.4, 0.5) is 4.79 Å². The Morgan fingerprint density at radius 3 is 2.68 bits per heavy atom. The van der Waals surface area contributed by atoms with Crippen LogP contribution in [0.5, 0.6) is 11.5 Å². The van der Waals surface area contributed by atoms with E-state index in [0.717, 1.165) is 49.1 Å². The quantitative estimate of drug-likeness (QED) is 0.733. The summed E-state index contributed by atoms with van der Waals surface area (Å²) < 4.78 is 11.2. The summed E-state index contributed by atoms with van der Waals surface area (Å²) in [4.78, 5) is 42.1. The summed E-state index contributed by atoms with van der Waals surface area (Å²) in [6.45, 7) is 2.31. The van der Waals surface area contributed by atoms with Crippen molar-refractivity contribution in [1.82, 2.24) is 15.1 Å². The predicted octanol–water partition coefficient (Wildman–Crippen LogP) is 2.67. The molecule has 5 rings (SSSR count). The van der Waals surface area contributed by atoms with Crippen molar-refractivity contribution in [3.63, 3.8) is 0 Å². The summed E-state index contributed by atoms with van der Waals surface area (Å²) in [5, 5.41) is 2.78. The number of carbonyl (C=O) groups excluding carboxylic acids is 3. The van der Waals surface area contributed by atoms with Gasteiger partial charge in [0.05, 0.1) is 0 Å². The van der Waals surface area contributed by atoms with Crippen LogP contribution in [-0.4, -0.2) is 53.4 Å². The van der Waals surface area contributed by atoms with Gasteiger partial charge in [0.15, 0.2) is 11.5 Å². The van der Waals surface area contributed by atoms with Crippen LogP contribution in [0.15, 0.2) is 30.0 Å². The number of rotatable bonds is 5. The van der Waals surface area contributed by atoms with Gasteiger partial charge in [-0.25, -0.2) is 4.79 Å². The van der Waals surface area contributed by atoms with Gasteiger partial charge in [-0.2, -0.15) is 0 Å². The van der Waals surface area contributed by atoms with E-state index in [9.17, 15) is 14.4 Å². The summed E-state index contributed by atoms with van der Waals surface area (Å²) >= 11 is 0. The molecule has 4 aliphatic rings. The van der Waals surface area contributed by atoms with Crippen LogP contribution in [0.1, 0.15) is 51.0 Å². The number of allylic oxidation sites excluding steroid dienone is 2. The second kappa shape index (κ2) is 7.59. The lowest BCUT2D eigenvalue weighted by Gasteiger charge is -2.29. The van der Waals surface area contributed by atoms with Gasteiger partial charge in [0.2, 0.25) is 5.91 Å². The van der Waals surface area contributed by atoms with E-state index in [1.54, 1.807) is 25.1 Å². The van der Waals surface area contributed by atoms with E-state index < -0.39 is 17.5 Å². The molecular weight excluding hydrogens is 398 g/mol. The number of fused-ring (bicyclic) bond motifs is 1. The first-order valence-corrected chi connectivity index (χ1v) is 11.0. The summed E-state index contributed by atoms with van der Waals surface area (Å²) in [6.07, 6.45) is 8.11. The zero-order valence-corrected chi connectivity index (χ0v) is 17.7. The maximum atomic E-state index is 13.3. The molecule has 1 saturated carbocycles. The molecule has 2 fully saturated rings. The van der Waals surface area contributed by atoms with Crippen LogP contribution in [0, 0.1) is 0 Å². The van der Waals surface area contributed by atoms with Crippen molar-refractivity contribution >= 4 is 17.8 Å². The lowest BCUT2D eigenvalue weighted by Crippen LogP contribution is -2.45. The van der Waals surface area contributed by atoms with Gasteiger partial charge >= 0.3 is 6.03 Å². The predicted molar refractivity (Wildman–Crippen MR) is 111 cm³/mol. The number of nitrogens with one attached hydrogen (secondary N) is 1. The number of hydrogen-bond acceptors (Lipinski definition) is 5. The molecule has 4 amide bonds.